The molecule has 0 bridgehead atoms. The topological polar surface area (TPSA) is 68.6 Å². The molecule has 1 aromatic heterocycles. The lowest BCUT2D eigenvalue weighted by Gasteiger charge is -2.25. The molecule has 3 rings (SSSR count). The number of hydrogen-bond acceptors (Lipinski definition) is 4. The van der Waals surface area contributed by atoms with Crippen LogP contribution in [0.3, 0.4) is 0 Å². The number of carbonyl (C=O) groups excluding carboxylic acids is 3. The number of imide groups is 1. The number of amides is 2. The van der Waals surface area contributed by atoms with Crippen LogP contribution in [-0.4, -0.2) is 33.0 Å². The van der Waals surface area contributed by atoms with Crippen LogP contribution in [0.1, 0.15) is 45.4 Å². The fourth-order valence-electron chi connectivity index (χ4n) is 3.31. The standard InChI is InChI=1S/C21H24N2O4/c1-20(2,3)27-19(26)22-12-8-11-16(22)21(4)13-17(24)23(18(21)25)14-15-9-6-5-7-10-15/h5-12H,13-14H2,1-4H3. The van der Waals surface area contributed by atoms with Gasteiger partial charge in [-0.3, -0.25) is 19.1 Å². The third kappa shape index (κ3) is 3.65. The van der Waals surface area contributed by atoms with Crippen LogP contribution in [-0.2, 0) is 26.3 Å². The summed E-state index contributed by atoms with van der Waals surface area (Å²) < 4.78 is 6.75. The van der Waals surface area contributed by atoms with Crippen molar-refractivity contribution >= 4 is 17.9 Å². The summed E-state index contributed by atoms with van der Waals surface area (Å²) in [5.74, 6) is -0.553. The predicted octanol–water partition coefficient (Wildman–Crippen LogP) is 3.49. The van der Waals surface area contributed by atoms with E-state index in [2.05, 4.69) is 0 Å². The lowest BCUT2D eigenvalue weighted by Crippen LogP contribution is -2.39. The van der Waals surface area contributed by atoms with Gasteiger partial charge >= 0.3 is 6.09 Å². The Morgan fingerprint density at radius 2 is 1.78 bits per heavy atom. The van der Waals surface area contributed by atoms with Gasteiger partial charge in [0.25, 0.3) is 0 Å². The predicted molar refractivity (Wildman–Crippen MR) is 100 cm³/mol. The molecular formula is C21H24N2O4. The lowest BCUT2D eigenvalue weighted by atomic mass is 9.85. The van der Waals surface area contributed by atoms with E-state index < -0.39 is 17.1 Å². The van der Waals surface area contributed by atoms with Crippen LogP contribution in [0.25, 0.3) is 0 Å². The molecule has 2 amide bonds. The molecule has 1 aliphatic heterocycles. The Bertz CT molecular complexity index is 879. The van der Waals surface area contributed by atoms with Gasteiger partial charge in [-0.05, 0) is 45.4 Å². The molecule has 0 aliphatic carbocycles. The van der Waals surface area contributed by atoms with Gasteiger partial charge in [-0.15, -0.1) is 0 Å². The molecule has 0 N–H and O–H groups in total. The maximum atomic E-state index is 13.1. The Hall–Kier alpha value is -2.89. The van der Waals surface area contributed by atoms with Gasteiger partial charge in [0.1, 0.15) is 5.60 Å². The largest absolute Gasteiger partial charge is 0.443 e. The van der Waals surface area contributed by atoms with Crippen molar-refractivity contribution in [1.29, 1.82) is 0 Å². The summed E-state index contributed by atoms with van der Waals surface area (Å²) in [6, 6.07) is 12.7. The number of benzene rings is 1. The minimum atomic E-state index is -1.10. The summed E-state index contributed by atoms with van der Waals surface area (Å²) in [6.07, 6.45) is 1.02. The molecule has 1 unspecified atom stereocenters. The second-order valence-electron chi connectivity index (χ2n) is 8.02. The quantitative estimate of drug-likeness (QED) is 0.778. The third-order valence-corrected chi connectivity index (χ3v) is 4.61. The Morgan fingerprint density at radius 1 is 1.11 bits per heavy atom. The maximum absolute atomic E-state index is 13.1. The number of likely N-dealkylation sites (tertiary alicyclic amines) is 1. The van der Waals surface area contributed by atoms with E-state index in [4.69, 9.17) is 4.74 Å². The minimum absolute atomic E-state index is 0.0193. The SMILES string of the molecule is CC(C)(C)OC(=O)n1cccc1C1(C)CC(=O)N(Cc2ccccc2)C1=O. The van der Waals surface area contributed by atoms with Gasteiger partial charge in [-0.25, -0.2) is 4.79 Å². The number of carbonyl (C=O) groups is 3. The molecule has 0 spiro atoms. The van der Waals surface area contributed by atoms with E-state index in [1.54, 1.807) is 46.0 Å². The van der Waals surface area contributed by atoms with Gasteiger partial charge in [0, 0.05) is 18.3 Å². The fourth-order valence-corrected chi connectivity index (χ4v) is 3.31. The van der Waals surface area contributed by atoms with E-state index in [0.717, 1.165) is 5.56 Å². The molecule has 6 heteroatoms. The number of aromatic nitrogens is 1. The molecule has 27 heavy (non-hydrogen) atoms. The normalized spacial score (nSPS) is 20.2. The van der Waals surface area contributed by atoms with Crippen LogP contribution in [0.2, 0.25) is 0 Å². The molecular weight excluding hydrogens is 344 g/mol. The van der Waals surface area contributed by atoms with Crippen molar-refractivity contribution in [1.82, 2.24) is 9.47 Å². The van der Waals surface area contributed by atoms with Crippen molar-refractivity contribution < 1.29 is 19.1 Å². The fraction of sp³-hybridized carbons (Fsp3) is 0.381. The first-order valence-electron chi connectivity index (χ1n) is 8.92. The maximum Gasteiger partial charge on any atom is 0.418 e. The highest BCUT2D eigenvalue weighted by molar-refractivity contribution is 6.08. The zero-order chi connectivity index (χ0) is 19.8. The summed E-state index contributed by atoms with van der Waals surface area (Å²) in [5.41, 5.74) is -0.419. The van der Waals surface area contributed by atoms with E-state index in [0.29, 0.717) is 5.69 Å². The van der Waals surface area contributed by atoms with Crippen molar-refractivity contribution in [3.63, 3.8) is 0 Å². The van der Waals surface area contributed by atoms with Crippen LogP contribution in [0.4, 0.5) is 4.79 Å². The van der Waals surface area contributed by atoms with E-state index >= 15 is 0 Å². The van der Waals surface area contributed by atoms with Crippen molar-refractivity contribution in [2.75, 3.05) is 0 Å². The number of ether oxygens (including phenoxy) is 1. The molecule has 1 saturated heterocycles. The zero-order valence-corrected chi connectivity index (χ0v) is 16.1. The summed E-state index contributed by atoms with van der Waals surface area (Å²) >= 11 is 0. The molecule has 6 nitrogen and oxygen atoms in total. The van der Waals surface area contributed by atoms with Crippen molar-refractivity contribution in [2.24, 2.45) is 0 Å². The molecule has 2 heterocycles. The second-order valence-corrected chi connectivity index (χ2v) is 8.02. The minimum Gasteiger partial charge on any atom is -0.443 e. The Kier molecular flexibility index (Phi) is 4.68. The zero-order valence-electron chi connectivity index (χ0n) is 16.1. The van der Waals surface area contributed by atoms with E-state index in [1.807, 2.05) is 30.3 Å². The third-order valence-electron chi connectivity index (χ3n) is 4.61. The Morgan fingerprint density at radius 3 is 2.41 bits per heavy atom. The van der Waals surface area contributed by atoms with Crippen molar-refractivity contribution in [3.05, 3.63) is 59.9 Å². The lowest BCUT2D eigenvalue weighted by molar-refractivity contribution is -0.140. The monoisotopic (exact) mass is 368 g/mol. The first kappa shape index (κ1) is 18.9. The molecule has 1 fully saturated rings. The second kappa shape index (κ2) is 6.68. The smallest absolute Gasteiger partial charge is 0.418 e. The molecule has 142 valence electrons. The summed E-state index contributed by atoms with van der Waals surface area (Å²) in [4.78, 5) is 39.5. The number of hydrogen-bond donors (Lipinski definition) is 0. The van der Waals surface area contributed by atoms with Crippen LogP contribution in [0, 0.1) is 0 Å². The summed E-state index contributed by atoms with van der Waals surface area (Å²) in [5, 5.41) is 0. The first-order valence-corrected chi connectivity index (χ1v) is 8.92. The van der Waals surface area contributed by atoms with Crippen LogP contribution in [0.15, 0.2) is 48.7 Å². The highest BCUT2D eigenvalue weighted by atomic mass is 16.6. The average molecular weight is 368 g/mol. The van der Waals surface area contributed by atoms with Crippen LogP contribution >= 0.6 is 0 Å². The first-order chi connectivity index (χ1) is 12.6. The Labute approximate surface area is 158 Å². The van der Waals surface area contributed by atoms with Gasteiger partial charge in [0.2, 0.25) is 11.8 Å². The van der Waals surface area contributed by atoms with Crippen molar-refractivity contribution in [2.45, 2.75) is 51.7 Å². The molecule has 1 aliphatic rings. The van der Waals surface area contributed by atoms with E-state index in [1.165, 1.54) is 9.47 Å². The number of rotatable bonds is 3. The average Bonchev–Trinajstić information content (AvgIpc) is 3.15. The van der Waals surface area contributed by atoms with Crippen LogP contribution in [0.5, 0.6) is 0 Å². The molecule has 1 aromatic carbocycles. The van der Waals surface area contributed by atoms with Gasteiger partial charge in [-0.2, -0.15) is 0 Å². The van der Waals surface area contributed by atoms with Gasteiger partial charge in [0.15, 0.2) is 0 Å². The number of nitrogens with zero attached hydrogens (tertiary/aromatic N) is 2. The van der Waals surface area contributed by atoms with Crippen molar-refractivity contribution in [3.8, 4) is 0 Å². The van der Waals surface area contributed by atoms with E-state index in [-0.39, 0.29) is 24.8 Å². The molecule has 1 atom stereocenters. The molecule has 0 saturated carbocycles. The van der Waals surface area contributed by atoms with Gasteiger partial charge < -0.3 is 4.74 Å². The van der Waals surface area contributed by atoms with Crippen LogP contribution < -0.4 is 0 Å². The summed E-state index contributed by atoms with van der Waals surface area (Å²) in [7, 11) is 0. The summed E-state index contributed by atoms with van der Waals surface area (Å²) in [6.45, 7) is 7.26. The highest BCUT2D eigenvalue weighted by Crippen LogP contribution is 2.37. The highest BCUT2D eigenvalue weighted by Gasteiger charge is 2.51. The molecule has 0 radical (unpaired) electrons. The van der Waals surface area contributed by atoms with Gasteiger partial charge in [-0.1, -0.05) is 30.3 Å². The molecule has 2 aromatic rings. The Balaban J connectivity index is 1.89. The van der Waals surface area contributed by atoms with Gasteiger partial charge in [0.05, 0.1) is 12.0 Å². The van der Waals surface area contributed by atoms with E-state index in [9.17, 15) is 14.4 Å².